The smallest absolute Gasteiger partial charge is 0.0619 e. The number of hydrogen-bond donors (Lipinski definition) is 1. The van der Waals surface area contributed by atoms with Gasteiger partial charge in [0.25, 0.3) is 0 Å². The molecule has 0 aromatic rings. The first-order valence-corrected chi connectivity index (χ1v) is 15.2. The molecule has 0 aromatic heterocycles. The quantitative estimate of drug-likeness (QED) is 0.344. The third-order valence-electron chi connectivity index (χ3n) is 9.99. The van der Waals surface area contributed by atoms with Gasteiger partial charge in [0, 0.05) is 0 Å². The van der Waals surface area contributed by atoms with Crippen molar-refractivity contribution in [2.24, 2.45) is 46.3 Å². The lowest BCUT2D eigenvalue weighted by Crippen LogP contribution is -2.40. The number of aliphatic hydroxyl groups excluding tert-OH is 1. The van der Waals surface area contributed by atoms with Gasteiger partial charge in [-0.25, -0.2) is 0 Å². The van der Waals surface area contributed by atoms with E-state index in [1.807, 2.05) is 0 Å². The van der Waals surface area contributed by atoms with Crippen LogP contribution in [0.5, 0.6) is 0 Å². The van der Waals surface area contributed by atoms with E-state index in [4.69, 9.17) is 0 Å². The summed E-state index contributed by atoms with van der Waals surface area (Å²) in [6, 6.07) is 0. The average molecular weight is 461 g/mol. The summed E-state index contributed by atoms with van der Waals surface area (Å²) in [6.45, 7) is 14.6. The second kappa shape index (κ2) is 12.3. The highest BCUT2D eigenvalue weighted by atomic mass is 16.3. The Balaban J connectivity index is 1.50. The molecule has 0 bridgehead atoms. The molecule has 0 amide bonds. The second-order valence-electron chi connectivity index (χ2n) is 15.0. The number of hydrogen-bond acceptors (Lipinski definition) is 1. The molecule has 33 heavy (non-hydrogen) atoms. The molecule has 0 spiro atoms. The summed E-state index contributed by atoms with van der Waals surface area (Å²) >= 11 is 0. The molecule has 0 aromatic carbocycles. The van der Waals surface area contributed by atoms with E-state index in [1.165, 1.54) is 109 Å². The Morgan fingerprint density at radius 3 is 1.85 bits per heavy atom. The summed E-state index contributed by atoms with van der Waals surface area (Å²) in [5, 5.41) is 11.6. The Morgan fingerprint density at radius 1 is 0.636 bits per heavy atom. The van der Waals surface area contributed by atoms with Crippen molar-refractivity contribution < 1.29 is 5.11 Å². The fourth-order valence-electron chi connectivity index (χ4n) is 8.81. The van der Waals surface area contributed by atoms with Crippen LogP contribution in [0, 0.1) is 46.3 Å². The maximum atomic E-state index is 11.6. The Morgan fingerprint density at radius 2 is 1.18 bits per heavy atom. The molecule has 3 fully saturated rings. The van der Waals surface area contributed by atoms with Gasteiger partial charge in [0.05, 0.1) is 6.10 Å². The topological polar surface area (TPSA) is 20.2 Å². The first kappa shape index (κ1) is 27.5. The molecule has 3 rings (SSSR count). The molecule has 0 heterocycles. The van der Waals surface area contributed by atoms with Gasteiger partial charge in [-0.15, -0.1) is 0 Å². The standard InChI is InChI=1S/C32H60O/c1-24(2)18-26-14-10-15-27(19-26)23-32(5,6)30(33)29-17-11-16-28(20-29)22-31(3,4)21-25-12-8-7-9-13-25/h24-30,33H,7-23H2,1-6H3. The van der Waals surface area contributed by atoms with Crippen LogP contribution in [0.4, 0.5) is 0 Å². The van der Waals surface area contributed by atoms with Crippen LogP contribution in [0.15, 0.2) is 0 Å². The van der Waals surface area contributed by atoms with Crippen LogP contribution < -0.4 is 0 Å². The number of aliphatic hydroxyl groups is 1. The fraction of sp³-hybridized carbons (Fsp3) is 1.00. The summed E-state index contributed by atoms with van der Waals surface area (Å²) in [6.07, 6.45) is 23.6. The van der Waals surface area contributed by atoms with Crippen LogP contribution in [0.2, 0.25) is 0 Å². The van der Waals surface area contributed by atoms with Gasteiger partial charge >= 0.3 is 0 Å². The van der Waals surface area contributed by atoms with Crippen molar-refractivity contribution in [3.05, 3.63) is 0 Å². The molecule has 194 valence electrons. The van der Waals surface area contributed by atoms with Crippen molar-refractivity contribution >= 4 is 0 Å². The minimum absolute atomic E-state index is 0.0640. The highest BCUT2D eigenvalue weighted by Gasteiger charge is 2.40. The predicted molar refractivity (Wildman–Crippen MR) is 144 cm³/mol. The van der Waals surface area contributed by atoms with Crippen molar-refractivity contribution in [2.45, 2.75) is 157 Å². The lowest BCUT2D eigenvalue weighted by Gasteiger charge is -2.44. The van der Waals surface area contributed by atoms with Gasteiger partial charge in [-0.2, -0.15) is 0 Å². The van der Waals surface area contributed by atoms with Gasteiger partial charge in [-0.3, -0.25) is 0 Å². The van der Waals surface area contributed by atoms with E-state index in [1.54, 1.807) is 0 Å². The molecular weight excluding hydrogens is 400 g/mol. The fourth-order valence-corrected chi connectivity index (χ4v) is 8.81. The molecule has 5 unspecified atom stereocenters. The van der Waals surface area contributed by atoms with Crippen LogP contribution in [-0.2, 0) is 0 Å². The highest BCUT2D eigenvalue weighted by Crippen LogP contribution is 2.47. The molecule has 0 aliphatic heterocycles. The van der Waals surface area contributed by atoms with Crippen molar-refractivity contribution in [1.82, 2.24) is 0 Å². The average Bonchev–Trinajstić information content (AvgIpc) is 2.73. The van der Waals surface area contributed by atoms with Crippen LogP contribution in [0.1, 0.15) is 151 Å². The SMILES string of the molecule is CC(C)CC1CCCC(CC(C)(C)C(O)C2CCCC(CC(C)(C)CC3CCCCC3)C2)C1. The summed E-state index contributed by atoms with van der Waals surface area (Å²) in [5.41, 5.74) is 0.539. The molecule has 5 atom stereocenters. The molecule has 1 nitrogen and oxygen atoms in total. The first-order valence-electron chi connectivity index (χ1n) is 15.2. The maximum absolute atomic E-state index is 11.6. The largest absolute Gasteiger partial charge is 0.392 e. The van der Waals surface area contributed by atoms with Gasteiger partial charge < -0.3 is 5.11 Å². The highest BCUT2D eigenvalue weighted by molar-refractivity contribution is 4.91. The summed E-state index contributed by atoms with van der Waals surface area (Å²) in [5.74, 6) is 4.93. The van der Waals surface area contributed by atoms with Crippen LogP contribution in [0.25, 0.3) is 0 Å². The zero-order valence-corrected chi connectivity index (χ0v) is 23.5. The van der Waals surface area contributed by atoms with Crippen LogP contribution in [0.3, 0.4) is 0 Å². The molecule has 0 saturated heterocycles. The van der Waals surface area contributed by atoms with E-state index in [2.05, 4.69) is 41.5 Å². The summed E-state index contributed by atoms with van der Waals surface area (Å²) in [4.78, 5) is 0. The Hall–Kier alpha value is -0.0400. The molecule has 1 heteroatoms. The molecule has 3 aliphatic carbocycles. The monoisotopic (exact) mass is 460 g/mol. The number of rotatable bonds is 10. The van der Waals surface area contributed by atoms with Crippen molar-refractivity contribution in [3.8, 4) is 0 Å². The van der Waals surface area contributed by atoms with Crippen molar-refractivity contribution in [3.63, 3.8) is 0 Å². The molecular formula is C32H60O. The van der Waals surface area contributed by atoms with E-state index in [9.17, 15) is 5.11 Å². The molecule has 0 radical (unpaired) electrons. The van der Waals surface area contributed by atoms with Crippen molar-refractivity contribution in [2.75, 3.05) is 0 Å². The Kier molecular flexibility index (Phi) is 10.2. The third-order valence-corrected chi connectivity index (χ3v) is 9.99. The van der Waals surface area contributed by atoms with Crippen LogP contribution >= 0.6 is 0 Å². The maximum Gasteiger partial charge on any atom is 0.0619 e. The summed E-state index contributed by atoms with van der Waals surface area (Å²) < 4.78 is 0. The lowest BCUT2D eigenvalue weighted by atomic mass is 9.64. The van der Waals surface area contributed by atoms with Gasteiger partial charge in [0.2, 0.25) is 0 Å². The van der Waals surface area contributed by atoms with E-state index in [0.717, 1.165) is 29.6 Å². The van der Waals surface area contributed by atoms with E-state index >= 15 is 0 Å². The zero-order valence-electron chi connectivity index (χ0n) is 23.5. The summed E-state index contributed by atoms with van der Waals surface area (Å²) in [7, 11) is 0. The third kappa shape index (κ3) is 8.84. The minimum atomic E-state index is -0.118. The zero-order chi connectivity index (χ0) is 24.1. The molecule has 1 N–H and O–H groups in total. The normalized spacial score (nSPS) is 31.6. The van der Waals surface area contributed by atoms with Crippen LogP contribution in [-0.4, -0.2) is 11.2 Å². The first-order chi connectivity index (χ1) is 15.5. The van der Waals surface area contributed by atoms with Gasteiger partial charge in [-0.1, -0.05) is 106 Å². The van der Waals surface area contributed by atoms with E-state index in [-0.39, 0.29) is 11.5 Å². The lowest BCUT2D eigenvalue weighted by molar-refractivity contribution is -0.0384. The predicted octanol–water partition coefficient (Wildman–Crippen LogP) is 9.81. The Bertz CT molecular complexity index is 555. The second-order valence-corrected chi connectivity index (χ2v) is 15.0. The van der Waals surface area contributed by atoms with Crippen molar-refractivity contribution in [1.29, 1.82) is 0 Å². The van der Waals surface area contributed by atoms with Gasteiger partial charge in [0.1, 0.15) is 0 Å². The molecule has 3 saturated carbocycles. The van der Waals surface area contributed by atoms with Gasteiger partial charge in [-0.05, 0) is 91.3 Å². The minimum Gasteiger partial charge on any atom is -0.392 e. The Labute approximate surface area is 208 Å². The molecule has 3 aliphatic rings. The van der Waals surface area contributed by atoms with Gasteiger partial charge in [0.15, 0.2) is 0 Å². The van der Waals surface area contributed by atoms with E-state index in [0.29, 0.717) is 11.3 Å². The van der Waals surface area contributed by atoms with E-state index < -0.39 is 0 Å².